The van der Waals surface area contributed by atoms with Crippen LogP contribution in [0.5, 0.6) is 0 Å². The number of rotatable bonds is 4. The molecule has 37 heavy (non-hydrogen) atoms. The molecule has 0 radical (unpaired) electrons. The lowest BCUT2D eigenvalue weighted by molar-refractivity contribution is -0.137. The molecule has 5 rings (SSSR count). The van der Waals surface area contributed by atoms with Crippen molar-refractivity contribution in [2.75, 3.05) is 62.7 Å². The van der Waals surface area contributed by atoms with Gasteiger partial charge in [0.1, 0.15) is 5.82 Å². The standard InChI is InChI=1S/C28H30F3N5O/c1-33-14-19-36(25(20-33)21-6-3-2-4-7-21)26-24(8-5-13-32-26)27(37)35-17-15-34(16-18-35)23-11-9-22(10-12-23)28(29,30)31/h2-13,25H,14-20H2,1H3. The minimum absolute atomic E-state index is 0.0686. The lowest BCUT2D eigenvalue weighted by Gasteiger charge is -2.42. The van der Waals surface area contributed by atoms with E-state index in [1.165, 1.54) is 17.7 Å². The number of aromatic nitrogens is 1. The topological polar surface area (TPSA) is 42.9 Å². The Hall–Kier alpha value is -3.59. The Morgan fingerprint density at radius 2 is 1.57 bits per heavy atom. The van der Waals surface area contributed by atoms with Gasteiger partial charge in [-0.15, -0.1) is 0 Å². The third kappa shape index (κ3) is 5.41. The molecule has 1 atom stereocenters. The summed E-state index contributed by atoms with van der Waals surface area (Å²) in [4.78, 5) is 26.7. The highest BCUT2D eigenvalue weighted by atomic mass is 19.4. The molecular formula is C28H30F3N5O. The van der Waals surface area contributed by atoms with Gasteiger partial charge in [-0.05, 0) is 49.0 Å². The number of likely N-dealkylation sites (N-methyl/N-ethyl adjacent to an activating group) is 1. The van der Waals surface area contributed by atoms with Gasteiger partial charge in [0, 0.05) is 57.7 Å². The molecule has 2 aliphatic heterocycles. The number of carbonyl (C=O) groups is 1. The fourth-order valence-electron chi connectivity index (χ4n) is 5.13. The molecule has 3 aromatic rings. The van der Waals surface area contributed by atoms with Crippen molar-refractivity contribution < 1.29 is 18.0 Å². The summed E-state index contributed by atoms with van der Waals surface area (Å²) in [5.41, 5.74) is 1.83. The van der Waals surface area contributed by atoms with E-state index < -0.39 is 11.7 Å². The molecule has 0 spiro atoms. The second-order valence-corrected chi connectivity index (χ2v) is 9.58. The van der Waals surface area contributed by atoms with Crippen molar-refractivity contribution in [2.24, 2.45) is 0 Å². The minimum atomic E-state index is -4.35. The summed E-state index contributed by atoms with van der Waals surface area (Å²) in [5, 5.41) is 0. The summed E-state index contributed by atoms with van der Waals surface area (Å²) in [5.74, 6) is 0.625. The van der Waals surface area contributed by atoms with E-state index in [9.17, 15) is 18.0 Å². The van der Waals surface area contributed by atoms with Crippen molar-refractivity contribution in [3.63, 3.8) is 0 Å². The fraction of sp³-hybridized carbons (Fsp3) is 0.357. The Kier molecular flexibility index (Phi) is 7.06. The first-order chi connectivity index (χ1) is 17.8. The lowest BCUT2D eigenvalue weighted by Crippen LogP contribution is -2.50. The Balaban J connectivity index is 1.31. The quantitative estimate of drug-likeness (QED) is 0.516. The van der Waals surface area contributed by atoms with E-state index in [4.69, 9.17) is 0 Å². The van der Waals surface area contributed by atoms with Gasteiger partial charge in [0.25, 0.3) is 5.91 Å². The van der Waals surface area contributed by atoms with E-state index in [1.54, 1.807) is 12.3 Å². The minimum Gasteiger partial charge on any atom is -0.368 e. The van der Waals surface area contributed by atoms with Gasteiger partial charge in [0.05, 0.1) is 17.2 Å². The van der Waals surface area contributed by atoms with E-state index >= 15 is 0 Å². The maximum Gasteiger partial charge on any atom is 0.416 e. The predicted octanol–water partition coefficient (Wildman–Crippen LogP) is 4.56. The largest absolute Gasteiger partial charge is 0.416 e. The zero-order valence-corrected chi connectivity index (χ0v) is 20.7. The number of amides is 1. The molecule has 1 amide bonds. The molecule has 3 heterocycles. The average molecular weight is 510 g/mol. The molecule has 194 valence electrons. The van der Waals surface area contributed by atoms with E-state index in [-0.39, 0.29) is 11.9 Å². The normalized spacial score (nSPS) is 19.2. The fourth-order valence-corrected chi connectivity index (χ4v) is 5.13. The first-order valence-corrected chi connectivity index (χ1v) is 12.5. The number of carbonyl (C=O) groups excluding carboxylic acids is 1. The summed E-state index contributed by atoms with van der Waals surface area (Å²) < 4.78 is 38.7. The maximum atomic E-state index is 13.7. The van der Waals surface area contributed by atoms with Gasteiger partial charge < -0.3 is 19.6 Å². The van der Waals surface area contributed by atoms with Crippen molar-refractivity contribution in [1.82, 2.24) is 14.8 Å². The van der Waals surface area contributed by atoms with Gasteiger partial charge in [0.2, 0.25) is 0 Å². The van der Waals surface area contributed by atoms with Crippen LogP contribution in [0.4, 0.5) is 24.7 Å². The maximum absolute atomic E-state index is 13.7. The molecule has 0 aliphatic carbocycles. The summed E-state index contributed by atoms with van der Waals surface area (Å²) in [7, 11) is 2.11. The van der Waals surface area contributed by atoms with E-state index in [0.29, 0.717) is 37.6 Å². The van der Waals surface area contributed by atoms with Crippen molar-refractivity contribution in [2.45, 2.75) is 12.2 Å². The van der Waals surface area contributed by atoms with E-state index in [1.807, 2.05) is 34.1 Å². The zero-order valence-electron chi connectivity index (χ0n) is 20.7. The van der Waals surface area contributed by atoms with E-state index in [2.05, 4.69) is 34.0 Å². The van der Waals surface area contributed by atoms with Gasteiger partial charge in [-0.2, -0.15) is 13.2 Å². The van der Waals surface area contributed by atoms with Crippen LogP contribution in [0.25, 0.3) is 0 Å². The lowest BCUT2D eigenvalue weighted by atomic mass is 10.0. The second kappa shape index (κ2) is 10.4. The molecule has 1 aromatic heterocycles. The third-order valence-corrected chi connectivity index (χ3v) is 7.18. The smallest absolute Gasteiger partial charge is 0.368 e. The van der Waals surface area contributed by atoms with Crippen molar-refractivity contribution in [1.29, 1.82) is 0 Å². The van der Waals surface area contributed by atoms with Crippen LogP contribution in [0.1, 0.15) is 27.5 Å². The molecule has 9 heteroatoms. The third-order valence-electron chi connectivity index (χ3n) is 7.18. The number of anilines is 2. The number of piperazine rings is 2. The molecule has 0 bridgehead atoms. The Labute approximate surface area is 214 Å². The van der Waals surface area contributed by atoms with Crippen molar-refractivity contribution in [3.8, 4) is 0 Å². The van der Waals surface area contributed by atoms with Gasteiger partial charge >= 0.3 is 6.18 Å². The number of alkyl halides is 3. The summed E-state index contributed by atoms with van der Waals surface area (Å²) in [6, 6.07) is 19.2. The summed E-state index contributed by atoms with van der Waals surface area (Å²) in [6.07, 6.45) is -2.62. The van der Waals surface area contributed by atoms with Crippen LogP contribution in [-0.4, -0.2) is 73.6 Å². The number of nitrogens with zero attached hydrogens (tertiary/aromatic N) is 5. The molecule has 1 unspecified atom stereocenters. The average Bonchev–Trinajstić information content (AvgIpc) is 2.93. The van der Waals surface area contributed by atoms with Crippen LogP contribution in [0.15, 0.2) is 72.9 Å². The van der Waals surface area contributed by atoms with Crippen molar-refractivity contribution >= 4 is 17.4 Å². The molecule has 6 nitrogen and oxygen atoms in total. The number of halogens is 3. The van der Waals surface area contributed by atoms with Crippen LogP contribution >= 0.6 is 0 Å². The highest BCUT2D eigenvalue weighted by molar-refractivity contribution is 5.99. The van der Waals surface area contributed by atoms with Crippen LogP contribution in [0, 0.1) is 0 Å². The Morgan fingerprint density at radius 3 is 2.24 bits per heavy atom. The van der Waals surface area contributed by atoms with E-state index in [0.717, 1.165) is 37.5 Å². The second-order valence-electron chi connectivity index (χ2n) is 9.58. The van der Waals surface area contributed by atoms with Crippen LogP contribution in [0.3, 0.4) is 0 Å². The summed E-state index contributed by atoms with van der Waals surface area (Å²) in [6.45, 7) is 4.54. The van der Waals surface area contributed by atoms with Crippen LogP contribution in [0.2, 0.25) is 0 Å². The summed E-state index contributed by atoms with van der Waals surface area (Å²) >= 11 is 0. The van der Waals surface area contributed by atoms with Gasteiger partial charge in [-0.25, -0.2) is 4.98 Å². The van der Waals surface area contributed by atoms with Crippen molar-refractivity contribution in [3.05, 3.63) is 89.6 Å². The monoisotopic (exact) mass is 509 g/mol. The predicted molar refractivity (Wildman–Crippen MR) is 138 cm³/mol. The SMILES string of the molecule is CN1CCN(c2ncccc2C(=O)N2CCN(c3ccc(C(F)(F)F)cc3)CC2)C(c2ccccc2)C1. The first kappa shape index (κ1) is 25.1. The number of pyridine rings is 1. The molecule has 0 saturated carbocycles. The number of hydrogen-bond donors (Lipinski definition) is 0. The number of benzene rings is 2. The van der Waals surface area contributed by atoms with Gasteiger partial charge in [0.15, 0.2) is 0 Å². The zero-order chi connectivity index (χ0) is 26.0. The highest BCUT2D eigenvalue weighted by Crippen LogP contribution is 2.33. The Bertz CT molecular complexity index is 1210. The molecule has 2 fully saturated rings. The van der Waals surface area contributed by atoms with Crippen LogP contribution in [-0.2, 0) is 6.18 Å². The van der Waals surface area contributed by atoms with Gasteiger partial charge in [-0.3, -0.25) is 4.79 Å². The molecule has 2 saturated heterocycles. The number of hydrogen-bond acceptors (Lipinski definition) is 5. The van der Waals surface area contributed by atoms with Crippen LogP contribution < -0.4 is 9.80 Å². The molecular weight excluding hydrogens is 479 g/mol. The Morgan fingerprint density at radius 1 is 0.865 bits per heavy atom. The highest BCUT2D eigenvalue weighted by Gasteiger charge is 2.33. The molecule has 2 aromatic carbocycles. The molecule has 2 aliphatic rings. The van der Waals surface area contributed by atoms with Gasteiger partial charge in [-0.1, -0.05) is 30.3 Å². The first-order valence-electron chi connectivity index (χ1n) is 12.5. The molecule has 0 N–H and O–H groups in total.